The summed E-state index contributed by atoms with van der Waals surface area (Å²) >= 11 is 3.23. The molecule has 1 aromatic rings. The number of nitrogens with one attached hydrogen (secondary N) is 1. The quantitative estimate of drug-likeness (QED) is 0.893. The predicted octanol–water partition coefficient (Wildman–Crippen LogP) is 3.99. The van der Waals surface area contributed by atoms with Crippen molar-refractivity contribution in [1.29, 1.82) is 0 Å². The average Bonchev–Trinajstić information content (AvgIpc) is 2.91. The van der Waals surface area contributed by atoms with Crippen LogP contribution in [0.4, 0.5) is 0 Å². The van der Waals surface area contributed by atoms with Gasteiger partial charge in [-0.3, -0.25) is 4.79 Å². The summed E-state index contributed by atoms with van der Waals surface area (Å²) in [6, 6.07) is 3.72. The van der Waals surface area contributed by atoms with E-state index < -0.39 is 0 Å². The van der Waals surface area contributed by atoms with E-state index in [2.05, 4.69) is 42.0 Å². The summed E-state index contributed by atoms with van der Waals surface area (Å²) in [5, 5.41) is 3.18. The van der Waals surface area contributed by atoms with Gasteiger partial charge in [-0.15, -0.1) is 0 Å². The lowest BCUT2D eigenvalue weighted by molar-refractivity contribution is 0.0800. The Balaban J connectivity index is 1.77. The number of carbonyl (C=O) groups excluding carboxylic acids is 1. The van der Waals surface area contributed by atoms with Crippen LogP contribution in [0.1, 0.15) is 50.6 Å². The van der Waals surface area contributed by atoms with Gasteiger partial charge in [-0.1, -0.05) is 20.8 Å². The van der Waals surface area contributed by atoms with Crippen LogP contribution in [-0.4, -0.2) is 11.9 Å². The van der Waals surface area contributed by atoms with E-state index in [-0.39, 0.29) is 17.4 Å². The number of fused-ring (bicyclic) bond motifs is 2. The van der Waals surface area contributed by atoms with Crippen LogP contribution in [0.5, 0.6) is 0 Å². The Bertz CT molecular complexity index is 522. The first-order valence-corrected chi connectivity index (χ1v) is 7.70. The number of rotatable bonds is 2. The largest absolute Gasteiger partial charge is 0.444 e. The summed E-state index contributed by atoms with van der Waals surface area (Å²) < 4.78 is 5.92. The van der Waals surface area contributed by atoms with Crippen LogP contribution < -0.4 is 5.32 Å². The fourth-order valence-corrected chi connectivity index (χ4v) is 4.39. The van der Waals surface area contributed by atoms with Crippen molar-refractivity contribution in [3.05, 3.63) is 22.6 Å². The molecule has 2 saturated carbocycles. The minimum Gasteiger partial charge on any atom is -0.444 e. The van der Waals surface area contributed by atoms with Gasteiger partial charge in [0.25, 0.3) is 5.91 Å². The van der Waals surface area contributed by atoms with Gasteiger partial charge in [0.05, 0.1) is 0 Å². The highest BCUT2D eigenvalue weighted by atomic mass is 79.9. The maximum atomic E-state index is 12.2. The number of carbonyl (C=O) groups is 1. The Morgan fingerprint density at radius 3 is 2.63 bits per heavy atom. The van der Waals surface area contributed by atoms with Crippen LogP contribution in [0, 0.1) is 16.7 Å². The Kier molecular flexibility index (Phi) is 2.86. The first kappa shape index (κ1) is 13.2. The summed E-state index contributed by atoms with van der Waals surface area (Å²) in [6.45, 7) is 7.02. The molecule has 2 bridgehead atoms. The molecule has 0 aliphatic heterocycles. The van der Waals surface area contributed by atoms with Crippen molar-refractivity contribution < 1.29 is 9.21 Å². The Hall–Kier alpha value is -0.770. The fourth-order valence-electron chi connectivity index (χ4n) is 4.09. The number of furan rings is 1. The predicted molar refractivity (Wildman–Crippen MR) is 76.9 cm³/mol. The van der Waals surface area contributed by atoms with Crippen molar-refractivity contribution in [2.45, 2.75) is 46.1 Å². The Morgan fingerprint density at radius 2 is 2.16 bits per heavy atom. The van der Waals surface area contributed by atoms with E-state index >= 15 is 0 Å². The van der Waals surface area contributed by atoms with Crippen LogP contribution in [0.2, 0.25) is 0 Å². The van der Waals surface area contributed by atoms with Crippen LogP contribution in [0.25, 0.3) is 0 Å². The lowest BCUT2D eigenvalue weighted by Crippen LogP contribution is -2.46. The van der Waals surface area contributed by atoms with Crippen LogP contribution in [0.3, 0.4) is 0 Å². The summed E-state index contributed by atoms with van der Waals surface area (Å²) in [6.07, 6.45) is 3.59. The maximum Gasteiger partial charge on any atom is 0.287 e. The Labute approximate surface area is 122 Å². The number of halogens is 1. The molecule has 3 rings (SSSR count). The molecular formula is C15H20BrNO2. The third-order valence-electron chi connectivity index (χ3n) is 5.90. The van der Waals surface area contributed by atoms with Crippen molar-refractivity contribution in [1.82, 2.24) is 5.32 Å². The zero-order valence-electron chi connectivity index (χ0n) is 11.6. The minimum atomic E-state index is -0.0970. The summed E-state index contributed by atoms with van der Waals surface area (Å²) in [7, 11) is 0. The van der Waals surface area contributed by atoms with Crippen molar-refractivity contribution in [2.24, 2.45) is 16.7 Å². The molecule has 2 aliphatic rings. The van der Waals surface area contributed by atoms with Gasteiger partial charge in [-0.2, -0.15) is 0 Å². The van der Waals surface area contributed by atoms with Crippen LogP contribution in [0.15, 0.2) is 21.2 Å². The lowest BCUT2D eigenvalue weighted by Gasteiger charge is -2.39. The summed E-state index contributed by atoms with van der Waals surface area (Å²) in [5.41, 5.74) is 0.520. The molecule has 1 amide bonds. The highest BCUT2D eigenvalue weighted by molar-refractivity contribution is 9.10. The molecule has 1 aromatic heterocycles. The maximum absolute atomic E-state index is 12.2. The smallest absolute Gasteiger partial charge is 0.287 e. The van der Waals surface area contributed by atoms with Gasteiger partial charge >= 0.3 is 0 Å². The third kappa shape index (κ3) is 1.79. The lowest BCUT2D eigenvalue weighted by atomic mass is 9.69. The van der Waals surface area contributed by atoms with E-state index in [1.807, 2.05) is 0 Å². The van der Waals surface area contributed by atoms with Gasteiger partial charge in [0.1, 0.15) is 0 Å². The number of amides is 1. The molecule has 19 heavy (non-hydrogen) atoms. The second-order valence-corrected chi connectivity index (χ2v) is 7.52. The normalized spacial score (nSPS) is 35.6. The van der Waals surface area contributed by atoms with Gasteiger partial charge < -0.3 is 9.73 Å². The summed E-state index contributed by atoms with van der Waals surface area (Å²) in [5.74, 6) is 1.02. The molecule has 2 aliphatic carbocycles. The molecular weight excluding hydrogens is 306 g/mol. The van der Waals surface area contributed by atoms with Gasteiger partial charge in [0, 0.05) is 6.04 Å². The highest BCUT2D eigenvalue weighted by Crippen LogP contribution is 2.65. The minimum absolute atomic E-state index is 0.0970. The van der Waals surface area contributed by atoms with Gasteiger partial charge in [0.2, 0.25) is 0 Å². The van der Waals surface area contributed by atoms with Crippen molar-refractivity contribution in [2.75, 3.05) is 0 Å². The molecule has 104 valence electrons. The fraction of sp³-hybridized carbons (Fsp3) is 0.667. The summed E-state index contributed by atoms with van der Waals surface area (Å²) in [4.78, 5) is 12.2. The standard InChI is InChI=1S/C15H20BrNO2/c1-14(2)9-6-7-15(14,3)11(8-9)17-13(18)10-4-5-12(16)19-10/h4-5,9,11H,6-8H2,1-3H3,(H,17,18)/t9-,11+,15+/m1/s1. The molecule has 0 radical (unpaired) electrons. The van der Waals surface area contributed by atoms with Gasteiger partial charge in [-0.05, 0) is 64.1 Å². The zero-order chi connectivity index (χ0) is 13.8. The van der Waals surface area contributed by atoms with E-state index in [0.717, 1.165) is 12.3 Å². The van der Waals surface area contributed by atoms with E-state index in [1.165, 1.54) is 12.8 Å². The topological polar surface area (TPSA) is 42.2 Å². The molecule has 0 aromatic carbocycles. The molecule has 0 unspecified atom stereocenters. The van der Waals surface area contributed by atoms with E-state index in [0.29, 0.717) is 15.8 Å². The van der Waals surface area contributed by atoms with Crippen LogP contribution in [-0.2, 0) is 0 Å². The molecule has 0 spiro atoms. The van der Waals surface area contributed by atoms with Crippen molar-refractivity contribution in [3.63, 3.8) is 0 Å². The highest BCUT2D eigenvalue weighted by Gasteiger charge is 2.61. The first-order chi connectivity index (χ1) is 8.84. The van der Waals surface area contributed by atoms with Gasteiger partial charge in [-0.25, -0.2) is 0 Å². The first-order valence-electron chi connectivity index (χ1n) is 6.91. The molecule has 3 atom stereocenters. The SMILES string of the molecule is CC1(C)[C@@H]2CC[C@@]1(C)[C@@H](NC(=O)c1ccc(Br)o1)C2. The second kappa shape index (κ2) is 4.11. The molecule has 2 fully saturated rings. The molecule has 3 nitrogen and oxygen atoms in total. The Morgan fingerprint density at radius 1 is 1.42 bits per heavy atom. The van der Waals surface area contributed by atoms with Crippen LogP contribution >= 0.6 is 15.9 Å². The van der Waals surface area contributed by atoms with Crippen molar-refractivity contribution >= 4 is 21.8 Å². The van der Waals surface area contributed by atoms with E-state index in [4.69, 9.17) is 4.42 Å². The third-order valence-corrected chi connectivity index (χ3v) is 6.32. The molecule has 1 heterocycles. The molecule has 0 saturated heterocycles. The van der Waals surface area contributed by atoms with Crippen molar-refractivity contribution in [3.8, 4) is 0 Å². The second-order valence-electron chi connectivity index (χ2n) is 6.74. The average molecular weight is 326 g/mol. The monoisotopic (exact) mass is 325 g/mol. The van der Waals surface area contributed by atoms with Gasteiger partial charge in [0.15, 0.2) is 10.4 Å². The number of hydrogen-bond donors (Lipinski definition) is 1. The molecule has 4 heteroatoms. The number of hydrogen-bond acceptors (Lipinski definition) is 2. The van der Waals surface area contributed by atoms with E-state index in [1.54, 1.807) is 12.1 Å². The molecule has 1 N–H and O–H groups in total. The zero-order valence-corrected chi connectivity index (χ0v) is 13.2. The van der Waals surface area contributed by atoms with E-state index in [9.17, 15) is 4.79 Å².